The van der Waals surface area contributed by atoms with Crippen molar-refractivity contribution in [3.05, 3.63) is 0 Å². The van der Waals surface area contributed by atoms with E-state index in [1.165, 1.54) is 6.40 Å². The van der Waals surface area contributed by atoms with E-state index in [4.69, 9.17) is 5.41 Å². The fraction of sp³-hybridized carbons (Fsp3) is 0.333. The van der Waals surface area contributed by atoms with Crippen LogP contribution in [0.4, 0.5) is 0 Å². The summed E-state index contributed by atoms with van der Waals surface area (Å²) in [6.45, 7) is 0.417. The van der Waals surface area contributed by atoms with E-state index in [2.05, 4.69) is 9.73 Å². The normalized spacial score (nSPS) is 18.3. The van der Waals surface area contributed by atoms with E-state index in [1.54, 1.807) is 0 Å². The highest BCUT2D eigenvalue weighted by Gasteiger charge is 1.97. The van der Waals surface area contributed by atoms with Crippen molar-refractivity contribution in [1.29, 1.82) is 5.41 Å². The van der Waals surface area contributed by atoms with Gasteiger partial charge in [0.15, 0.2) is 6.40 Å². The lowest BCUT2D eigenvalue weighted by atomic mass is 10.7. The van der Waals surface area contributed by atoms with Gasteiger partial charge >= 0.3 is 0 Å². The molecule has 3 heteroatoms. The van der Waals surface area contributed by atoms with Crippen molar-refractivity contribution in [3.63, 3.8) is 0 Å². The number of hydrogen-bond acceptors (Lipinski definition) is 3. The van der Waals surface area contributed by atoms with E-state index >= 15 is 0 Å². The smallest absolute Gasteiger partial charge is 0.210 e. The standard InChI is InChI=1S/C3H4N2O/c4-3-1-5-2-6-3/h2,4H,1H2. The van der Waals surface area contributed by atoms with Gasteiger partial charge in [0, 0.05) is 0 Å². The van der Waals surface area contributed by atoms with E-state index in [0.29, 0.717) is 6.54 Å². The van der Waals surface area contributed by atoms with Gasteiger partial charge in [-0.3, -0.25) is 5.41 Å². The third kappa shape index (κ3) is 0.381. The summed E-state index contributed by atoms with van der Waals surface area (Å²) < 4.78 is 4.44. The molecular formula is C3H4N2O. The number of rotatable bonds is 0. The molecule has 0 aliphatic carbocycles. The second-order valence-electron chi connectivity index (χ2n) is 0.987. The maximum absolute atomic E-state index is 6.70. The molecule has 0 saturated carbocycles. The van der Waals surface area contributed by atoms with E-state index in [0.717, 1.165) is 0 Å². The van der Waals surface area contributed by atoms with Gasteiger partial charge in [-0.25, -0.2) is 4.99 Å². The topological polar surface area (TPSA) is 45.4 Å². The van der Waals surface area contributed by atoms with Crippen molar-refractivity contribution in [1.82, 2.24) is 0 Å². The molecule has 1 N–H and O–H groups in total. The SMILES string of the molecule is N=C1CN=CO1. The van der Waals surface area contributed by atoms with Crippen LogP contribution >= 0.6 is 0 Å². The third-order valence-electron chi connectivity index (χ3n) is 0.504. The first kappa shape index (κ1) is 3.33. The molecule has 1 rings (SSSR count). The highest BCUT2D eigenvalue weighted by atomic mass is 16.5. The number of hydrogen-bond donors (Lipinski definition) is 1. The Bertz CT molecular complexity index is 87.0. The minimum atomic E-state index is 0.231. The largest absolute Gasteiger partial charge is 0.430 e. The van der Waals surface area contributed by atoms with Crippen molar-refractivity contribution >= 4 is 12.3 Å². The van der Waals surface area contributed by atoms with Gasteiger partial charge < -0.3 is 4.74 Å². The minimum Gasteiger partial charge on any atom is -0.430 e. The predicted molar refractivity (Wildman–Crippen MR) is 22.2 cm³/mol. The molecule has 0 aromatic rings. The summed E-state index contributed by atoms with van der Waals surface area (Å²) in [5.74, 6) is 0.231. The van der Waals surface area contributed by atoms with Crippen molar-refractivity contribution in [2.24, 2.45) is 4.99 Å². The number of nitrogens with one attached hydrogen (secondary N) is 1. The lowest BCUT2D eigenvalue weighted by Gasteiger charge is -1.80. The van der Waals surface area contributed by atoms with Crippen molar-refractivity contribution in [2.75, 3.05) is 6.54 Å². The summed E-state index contributed by atoms with van der Waals surface area (Å²) in [5, 5.41) is 6.70. The first-order chi connectivity index (χ1) is 2.89. The van der Waals surface area contributed by atoms with Crippen LogP contribution in [-0.4, -0.2) is 18.8 Å². The van der Waals surface area contributed by atoms with Crippen LogP contribution in [0.2, 0.25) is 0 Å². The molecule has 1 aliphatic rings. The van der Waals surface area contributed by atoms with Gasteiger partial charge in [0.05, 0.1) is 0 Å². The molecule has 1 aliphatic heterocycles. The molecule has 0 atom stereocenters. The van der Waals surface area contributed by atoms with Crippen LogP contribution in [0.3, 0.4) is 0 Å². The van der Waals surface area contributed by atoms with Crippen molar-refractivity contribution < 1.29 is 4.74 Å². The van der Waals surface area contributed by atoms with Crippen LogP contribution in [0, 0.1) is 5.41 Å². The van der Waals surface area contributed by atoms with E-state index in [9.17, 15) is 0 Å². The van der Waals surface area contributed by atoms with E-state index in [1.807, 2.05) is 0 Å². The first-order valence-electron chi connectivity index (χ1n) is 1.62. The second kappa shape index (κ2) is 1.08. The second-order valence-corrected chi connectivity index (χ2v) is 0.987. The number of nitrogens with zero attached hydrogens (tertiary/aromatic N) is 1. The zero-order valence-corrected chi connectivity index (χ0v) is 3.14. The molecule has 0 fully saturated rings. The van der Waals surface area contributed by atoms with Crippen LogP contribution in [0.25, 0.3) is 0 Å². The molecule has 0 bridgehead atoms. The molecule has 0 saturated heterocycles. The maximum atomic E-state index is 6.70. The Kier molecular flexibility index (Phi) is 0.602. The Balaban J connectivity index is 2.52. The van der Waals surface area contributed by atoms with Crippen LogP contribution in [-0.2, 0) is 4.74 Å². The van der Waals surface area contributed by atoms with Gasteiger partial charge in [0.2, 0.25) is 5.90 Å². The van der Waals surface area contributed by atoms with Crippen LogP contribution < -0.4 is 0 Å². The summed E-state index contributed by atoms with van der Waals surface area (Å²) in [7, 11) is 0. The molecule has 32 valence electrons. The molecule has 1 heterocycles. The van der Waals surface area contributed by atoms with Gasteiger partial charge in [-0.05, 0) is 0 Å². The van der Waals surface area contributed by atoms with Crippen molar-refractivity contribution in [3.8, 4) is 0 Å². The third-order valence-corrected chi connectivity index (χ3v) is 0.504. The van der Waals surface area contributed by atoms with Crippen LogP contribution in [0.5, 0.6) is 0 Å². The minimum absolute atomic E-state index is 0.231. The summed E-state index contributed by atoms with van der Waals surface area (Å²) >= 11 is 0. The average Bonchev–Trinajstić information content (AvgIpc) is 1.86. The van der Waals surface area contributed by atoms with Gasteiger partial charge in [0.25, 0.3) is 0 Å². The quantitative estimate of drug-likeness (QED) is 0.442. The zero-order valence-electron chi connectivity index (χ0n) is 3.14. The molecule has 0 radical (unpaired) electrons. The monoisotopic (exact) mass is 84.0 g/mol. The van der Waals surface area contributed by atoms with Crippen LogP contribution in [0.15, 0.2) is 4.99 Å². The summed E-state index contributed by atoms with van der Waals surface area (Å²) in [6.07, 6.45) is 1.28. The Morgan fingerprint density at radius 1 is 2.00 bits per heavy atom. The molecule has 6 heavy (non-hydrogen) atoms. The lowest BCUT2D eigenvalue weighted by Crippen LogP contribution is -1.94. The Labute approximate surface area is 35.2 Å². The Morgan fingerprint density at radius 3 is 3.00 bits per heavy atom. The van der Waals surface area contributed by atoms with E-state index < -0.39 is 0 Å². The van der Waals surface area contributed by atoms with Crippen molar-refractivity contribution in [2.45, 2.75) is 0 Å². The molecule has 0 aromatic carbocycles. The first-order valence-corrected chi connectivity index (χ1v) is 1.62. The Hall–Kier alpha value is -0.860. The van der Waals surface area contributed by atoms with E-state index in [-0.39, 0.29) is 5.90 Å². The van der Waals surface area contributed by atoms with Crippen LogP contribution in [0.1, 0.15) is 0 Å². The summed E-state index contributed by atoms with van der Waals surface area (Å²) in [5.41, 5.74) is 0. The lowest BCUT2D eigenvalue weighted by molar-refractivity contribution is 0.577. The maximum Gasteiger partial charge on any atom is 0.210 e. The molecular weight excluding hydrogens is 80.0 g/mol. The summed E-state index contributed by atoms with van der Waals surface area (Å²) in [4.78, 5) is 3.59. The molecule has 3 nitrogen and oxygen atoms in total. The summed E-state index contributed by atoms with van der Waals surface area (Å²) in [6, 6.07) is 0. The zero-order chi connectivity index (χ0) is 4.41. The fourth-order valence-corrected chi connectivity index (χ4v) is 0.258. The van der Waals surface area contributed by atoms with Gasteiger partial charge in [-0.2, -0.15) is 0 Å². The fourth-order valence-electron chi connectivity index (χ4n) is 0.258. The molecule has 0 aromatic heterocycles. The van der Waals surface area contributed by atoms with Gasteiger partial charge in [-0.1, -0.05) is 0 Å². The van der Waals surface area contributed by atoms with Gasteiger partial charge in [0.1, 0.15) is 6.54 Å². The average molecular weight is 84.1 g/mol. The molecule has 0 amide bonds. The Morgan fingerprint density at radius 2 is 2.83 bits per heavy atom. The predicted octanol–water partition coefficient (Wildman–Crippen LogP) is 0.0222. The van der Waals surface area contributed by atoms with Gasteiger partial charge in [-0.15, -0.1) is 0 Å². The highest BCUT2D eigenvalue weighted by Crippen LogP contribution is 1.83. The molecule has 0 unspecified atom stereocenters. The molecule has 0 spiro atoms. The number of aliphatic imine (C=N–C) groups is 1. The number of ether oxygens (including phenoxy) is 1. The highest BCUT2D eigenvalue weighted by molar-refractivity contribution is 5.86.